The summed E-state index contributed by atoms with van der Waals surface area (Å²) in [6, 6.07) is 96.5. The van der Waals surface area contributed by atoms with Gasteiger partial charge in [0.2, 0.25) is 0 Å². The minimum absolute atomic E-state index is 0.546. The predicted octanol–water partition coefficient (Wildman–Crippen LogP) is 17.6. The Morgan fingerprint density at radius 1 is 0.309 bits per heavy atom. The molecule has 0 atom stereocenters. The van der Waals surface area contributed by atoms with Crippen LogP contribution in [0.1, 0.15) is 22.3 Å². The van der Waals surface area contributed by atoms with E-state index in [1.807, 2.05) is 0 Å². The molecule has 0 radical (unpaired) electrons. The van der Waals surface area contributed by atoms with Gasteiger partial charge in [0.25, 0.3) is 0 Å². The number of hydrogen-bond acceptors (Lipinski definition) is 3. The normalized spacial score (nSPS) is 12.6. The second-order valence-corrected chi connectivity index (χ2v) is 17.5. The van der Waals surface area contributed by atoms with Crippen LogP contribution in [0.2, 0.25) is 0 Å². The largest absolute Gasteiger partial charge is 0.454 e. The molecule has 1 heterocycles. The van der Waals surface area contributed by atoms with Crippen molar-refractivity contribution in [1.29, 1.82) is 0 Å². The van der Waals surface area contributed by atoms with Gasteiger partial charge in [-0.2, -0.15) is 0 Å². The van der Waals surface area contributed by atoms with Gasteiger partial charge in [-0.15, -0.1) is 0 Å². The first kappa shape index (κ1) is 39.4. The number of hydrogen-bond donors (Lipinski definition) is 0. The van der Waals surface area contributed by atoms with Gasteiger partial charge in [0.15, 0.2) is 5.75 Å². The first-order valence-electron chi connectivity index (χ1n) is 23.3. The van der Waals surface area contributed by atoms with Gasteiger partial charge in [0, 0.05) is 39.0 Å². The third kappa shape index (κ3) is 6.13. The third-order valence-electron chi connectivity index (χ3n) is 13.9. The van der Waals surface area contributed by atoms with Crippen molar-refractivity contribution >= 4 is 44.9 Å². The molecule has 0 saturated heterocycles. The van der Waals surface area contributed by atoms with Crippen LogP contribution in [0, 0.1) is 0 Å². The molecule has 3 nitrogen and oxygen atoms in total. The van der Waals surface area contributed by atoms with Crippen molar-refractivity contribution in [2.75, 3.05) is 9.80 Å². The maximum atomic E-state index is 7.20. The summed E-state index contributed by atoms with van der Waals surface area (Å²) in [4.78, 5) is 4.77. The van der Waals surface area contributed by atoms with Gasteiger partial charge in [-0.05, 0) is 105 Å². The maximum absolute atomic E-state index is 7.20. The summed E-state index contributed by atoms with van der Waals surface area (Å²) in [5.74, 6) is 1.66. The zero-order valence-corrected chi connectivity index (χ0v) is 37.2. The van der Waals surface area contributed by atoms with Crippen molar-refractivity contribution in [3.63, 3.8) is 0 Å². The lowest BCUT2D eigenvalue weighted by molar-refractivity contribution is 0.488. The number of anilines is 6. The second-order valence-electron chi connectivity index (χ2n) is 17.5. The average Bonchev–Trinajstić information content (AvgIpc) is 3.73. The van der Waals surface area contributed by atoms with E-state index in [1.54, 1.807) is 0 Å². The summed E-state index contributed by atoms with van der Waals surface area (Å²) in [7, 11) is 0. The van der Waals surface area contributed by atoms with E-state index in [0.29, 0.717) is 0 Å². The van der Waals surface area contributed by atoms with Crippen LogP contribution in [0.3, 0.4) is 0 Å². The minimum Gasteiger partial charge on any atom is -0.454 e. The van der Waals surface area contributed by atoms with Gasteiger partial charge < -0.3 is 14.5 Å². The Bertz CT molecular complexity index is 3550. The molecule has 11 aromatic rings. The third-order valence-corrected chi connectivity index (χ3v) is 13.9. The summed E-state index contributed by atoms with van der Waals surface area (Å²) < 4.78 is 7.20. The van der Waals surface area contributed by atoms with Gasteiger partial charge in [0.05, 0.1) is 22.5 Å². The fourth-order valence-electron chi connectivity index (χ4n) is 11.1. The number of rotatable bonds is 9. The molecule has 0 amide bonds. The van der Waals surface area contributed by atoms with E-state index in [1.165, 1.54) is 44.5 Å². The highest BCUT2D eigenvalue weighted by atomic mass is 16.5. The average molecular weight is 869 g/mol. The Kier molecular flexibility index (Phi) is 9.40. The van der Waals surface area contributed by atoms with Crippen LogP contribution in [0.25, 0.3) is 44.2 Å². The molecule has 0 fully saturated rings. The number of para-hydroxylation sites is 3. The molecule has 0 N–H and O–H groups in total. The van der Waals surface area contributed by atoms with Crippen molar-refractivity contribution in [1.82, 2.24) is 0 Å². The van der Waals surface area contributed by atoms with E-state index in [-0.39, 0.29) is 0 Å². The zero-order chi connectivity index (χ0) is 45.0. The Labute approximate surface area is 397 Å². The van der Waals surface area contributed by atoms with Crippen LogP contribution < -0.4 is 14.5 Å². The molecule has 2 aliphatic rings. The number of ether oxygens (including phenoxy) is 1. The maximum Gasteiger partial charge on any atom is 0.159 e. The minimum atomic E-state index is -0.546. The van der Waals surface area contributed by atoms with Crippen LogP contribution in [0.5, 0.6) is 11.5 Å². The molecule has 320 valence electrons. The molecule has 1 aliphatic heterocycles. The van der Waals surface area contributed by atoms with E-state index in [9.17, 15) is 0 Å². The van der Waals surface area contributed by atoms with Crippen molar-refractivity contribution in [3.8, 4) is 44.9 Å². The highest BCUT2D eigenvalue weighted by molar-refractivity contribution is 6.12. The molecule has 0 saturated carbocycles. The summed E-state index contributed by atoms with van der Waals surface area (Å²) >= 11 is 0. The summed E-state index contributed by atoms with van der Waals surface area (Å²) in [6.45, 7) is 0. The van der Waals surface area contributed by atoms with E-state index < -0.39 is 5.41 Å². The van der Waals surface area contributed by atoms with Crippen molar-refractivity contribution < 1.29 is 4.74 Å². The molecule has 0 spiro atoms. The first-order chi connectivity index (χ1) is 33.8. The Hall–Kier alpha value is -8.92. The van der Waals surface area contributed by atoms with Gasteiger partial charge in [0.1, 0.15) is 5.75 Å². The lowest BCUT2D eigenvalue weighted by Gasteiger charge is -2.35. The van der Waals surface area contributed by atoms with Crippen molar-refractivity contribution in [2.24, 2.45) is 0 Å². The van der Waals surface area contributed by atoms with Crippen LogP contribution >= 0.6 is 0 Å². The Balaban J connectivity index is 1.05. The Morgan fingerprint density at radius 3 is 1.49 bits per heavy atom. The highest BCUT2D eigenvalue weighted by Crippen LogP contribution is 2.61. The number of benzene rings is 11. The number of nitrogens with zero attached hydrogens (tertiary/aromatic N) is 2. The monoisotopic (exact) mass is 868 g/mol. The standard InChI is InChI=1S/C65H44N2O/c1-6-21-45(22-7-1)46-39-41-51(42-40-46)67(59-37-20-36-57-63(59)54-31-16-17-35-56(54)65(57,47-23-8-2-9-24-47)48-25-10-3-11-26-48)58-43-44-61-62-52(32-18-34-55(58)62)53-33-19-38-60(64(53)68-61)66(49-27-12-4-13-28-49)50-29-14-5-15-30-50/h1-44H. The SMILES string of the molecule is c1ccc(-c2ccc(N(c3cccc4c3-c3ccccc3C4(c3ccccc3)c3ccccc3)c3ccc4c5c(cccc35)-c3cccc(N(c5ccccc5)c5ccccc5)c3O4)cc2)cc1. The zero-order valence-electron chi connectivity index (χ0n) is 37.2. The van der Waals surface area contributed by atoms with E-state index >= 15 is 0 Å². The van der Waals surface area contributed by atoms with Crippen molar-refractivity contribution in [2.45, 2.75) is 5.41 Å². The quantitative estimate of drug-likeness (QED) is 0.144. The highest BCUT2D eigenvalue weighted by Gasteiger charge is 2.47. The second kappa shape index (κ2) is 16.2. The summed E-state index contributed by atoms with van der Waals surface area (Å²) in [5.41, 5.74) is 17.8. The lowest BCUT2D eigenvalue weighted by atomic mass is 9.68. The van der Waals surface area contributed by atoms with Crippen LogP contribution in [0.4, 0.5) is 34.1 Å². The van der Waals surface area contributed by atoms with Crippen LogP contribution in [-0.2, 0) is 5.41 Å². The molecule has 0 bridgehead atoms. The molecule has 1 aliphatic carbocycles. The molecular weight excluding hydrogens is 825 g/mol. The molecule has 68 heavy (non-hydrogen) atoms. The van der Waals surface area contributed by atoms with E-state index in [0.717, 1.165) is 67.5 Å². The predicted molar refractivity (Wildman–Crippen MR) is 282 cm³/mol. The lowest BCUT2D eigenvalue weighted by Crippen LogP contribution is -2.28. The van der Waals surface area contributed by atoms with Gasteiger partial charge in [-0.25, -0.2) is 0 Å². The van der Waals surface area contributed by atoms with E-state index in [4.69, 9.17) is 4.74 Å². The number of fused-ring (bicyclic) bond motifs is 5. The topological polar surface area (TPSA) is 15.7 Å². The first-order valence-corrected chi connectivity index (χ1v) is 23.3. The van der Waals surface area contributed by atoms with E-state index in [2.05, 4.69) is 277 Å². The molecule has 11 aromatic carbocycles. The Morgan fingerprint density at radius 2 is 0.809 bits per heavy atom. The fraction of sp³-hybridized carbons (Fsp3) is 0.0154. The smallest absolute Gasteiger partial charge is 0.159 e. The molecule has 3 heteroatoms. The molecule has 0 unspecified atom stereocenters. The summed E-state index contributed by atoms with van der Waals surface area (Å²) in [6.07, 6.45) is 0. The van der Waals surface area contributed by atoms with Gasteiger partial charge >= 0.3 is 0 Å². The fourth-order valence-corrected chi connectivity index (χ4v) is 11.1. The van der Waals surface area contributed by atoms with Gasteiger partial charge in [-0.3, -0.25) is 0 Å². The summed E-state index contributed by atoms with van der Waals surface area (Å²) in [5, 5.41) is 2.19. The molecule has 13 rings (SSSR count). The molecule has 0 aromatic heterocycles. The van der Waals surface area contributed by atoms with Crippen LogP contribution in [0.15, 0.2) is 267 Å². The van der Waals surface area contributed by atoms with Gasteiger partial charge in [-0.1, -0.05) is 206 Å². The van der Waals surface area contributed by atoms with Crippen LogP contribution in [-0.4, -0.2) is 0 Å². The van der Waals surface area contributed by atoms with Crippen molar-refractivity contribution in [3.05, 3.63) is 289 Å². The molecular formula is C65H44N2O.